The molecule has 0 aliphatic heterocycles. The average Bonchev–Trinajstić information content (AvgIpc) is 2.84. The fraction of sp³-hybridized carbons (Fsp3) is 0.154. The third-order valence-electron chi connectivity index (χ3n) is 2.69. The van der Waals surface area contributed by atoms with Crippen LogP contribution in [-0.2, 0) is 6.42 Å². The zero-order valence-corrected chi connectivity index (χ0v) is 9.81. The summed E-state index contributed by atoms with van der Waals surface area (Å²) >= 11 is 0. The molecule has 0 aliphatic carbocycles. The molecule has 0 bridgehead atoms. The average molecular weight is 245 g/mol. The van der Waals surface area contributed by atoms with Gasteiger partial charge in [-0.3, -0.25) is 0 Å². The number of rotatable bonds is 5. The standard InChI is InChI=1S/C13H15N3O2/c14-11-7-10(13(17)18)1-2-12(11)16-6-4-9-3-5-15-8-9/h1-3,5,7-8,15-16H,4,6,14H2,(H,17,18). The summed E-state index contributed by atoms with van der Waals surface area (Å²) in [4.78, 5) is 13.7. The quantitative estimate of drug-likeness (QED) is 0.606. The SMILES string of the molecule is Nc1cc(C(=O)O)ccc1NCCc1cc[nH]c1. The van der Waals surface area contributed by atoms with E-state index in [2.05, 4.69) is 10.3 Å². The molecule has 0 radical (unpaired) electrons. The van der Waals surface area contributed by atoms with Gasteiger partial charge in [0.15, 0.2) is 0 Å². The number of anilines is 2. The Hall–Kier alpha value is -2.43. The highest BCUT2D eigenvalue weighted by molar-refractivity contribution is 5.90. The number of nitrogens with two attached hydrogens (primary N) is 1. The van der Waals surface area contributed by atoms with E-state index in [1.54, 1.807) is 6.07 Å². The minimum atomic E-state index is -0.972. The second-order valence-electron chi connectivity index (χ2n) is 4.00. The number of nitrogen functional groups attached to an aromatic ring is 1. The third kappa shape index (κ3) is 2.82. The van der Waals surface area contributed by atoms with Crippen molar-refractivity contribution >= 4 is 17.3 Å². The first-order valence-corrected chi connectivity index (χ1v) is 5.65. The molecule has 5 nitrogen and oxygen atoms in total. The molecule has 1 aromatic heterocycles. The number of carboxylic acids is 1. The Morgan fingerprint density at radius 2 is 2.22 bits per heavy atom. The van der Waals surface area contributed by atoms with Crippen molar-refractivity contribution in [2.24, 2.45) is 0 Å². The Labute approximate surface area is 105 Å². The second-order valence-corrected chi connectivity index (χ2v) is 4.00. The minimum absolute atomic E-state index is 0.198. The first kappa shape index (κ1) is 12.0. The number of aromatic nitrogens is 1. The topological polar surface area (TPSA) is 91.1 Å². The van der Waals surface area contributed by atoms with Crippen LogP contribution in [0.1, 0.15) is 15.9 Å². The monoisotopic (exact) mass is 245 g/mol. The van der Waals surface area contributed by atoms with E-state index < -0.39 is 5.97 Å². The summed E-state index contributed by atoms with van der Waals surface area (Å²) < 4.78 is 0. The highest BCUT2D eigenvalue weighted by atomic mass is 16.4. The zero-order chi connectivity index (χ0) is 13.0. The van der Waals surface area contributed by atoms with Gasteiger partial charge in [-0.15, -0.1) is 0 Å². The van der Waals surface area contributed by atoms with Crippen molar-refractivity contribution in [3.63, 3.8) is 0 Å². The Balaban J connectivity index is 1.95. The van der Waals surface area contributed by atoms with Gasteiger partial charge in [0.2, 0.25) is 0 Å². The van der Waals surface area contributed by atoms with Crippen molar-refractivity contribution in [3.05, 3.63) is 47.8 Å². The molecule has 94 valence electrons. The number of aromatic carboxylic acids is 1. The van der Waals surface area contributed by atoms with E-state index in [1.165, 1.54) is 17.7 Å². The maximum atomic E-state index is 10.8. The second kappa shape index (κ2) is 5.27. The van der Waals surface area contributed by atoms with Gasteiger partial charge in [0.1, 0.15) is 0 Å². The molecule has 2 aromatic rings. The predicted octanol–water partition coefficient (Wildman–Crippen LogP) is 1.95. The number of H-pyrrole nitrogens is 1. The molecule has 5 heteroatoms. The molecule has 0 saturated heterocycles. The number of aromatic amines is 1. The van der Waals surface area contributed by atoms with E-state index in [4.69, 9.17) is 10.8 Å². The summed E-state index contributed by atoms with van der Waals surface area (Å²) in [5.74, 6) is -0.972. The summed E-state index contributed by atoms with van der Waals surface area (Å²) in [5, 5.41) is 12.0. The predicted molar refractivity (Wildman–Crippen MR) is 70.8 cm³/mol. The number of hydrogen-bond donors (Lipinski definition) is 4. The van der Waals surface area contributed by atoms with Crippen molar-refractivity contribution < 1.29 is 9.90 Å². The summed E-state index contributed by atoms with van der Waals surface area (Å²) in [5.41, 5.74) is 8.40. The van der Waals surface area contributed by atoms with Gasteiger partial charge < -0.3 is 21.1 Å². The van der Waals surface area contributed by atoms with Crippen LogP contribution < -0.4 is 11.1 Å². The normalized spacial score (nSPS) is 10.2. The largest absolute Gasteiger partial charge is 0.478 e. The van der Waals surface area contributed by atoms with Crippen LogP contribution in [0.2, 0.25) is 0 Å². The van der Waals surface area contributed by atoms with E-state index >= 15 is 0 Å². The van der Waals surface area contributed by atoms with Crippen molar-refractivity contribution in [1.82, 2.24) is 4.98 Å². The molecule has 0 unspecified atom stereocenters. The van der Waals surface area contributed by atoms with E-state index in [0.29, 0.717) is 5.69 Å². The Bertz CT molecular complexity index is 535. The van der Waals surface area contributed by atoms with E-state index in [1.807, 2.05) is 18.5 Å². The first-order valence-electron chi connectivity index (χ1n) is 5.65. The van der Waals surface area contributed by atoms with Crippen LogP contribution in [0.4, 0.5) is 11.4 Å². The van der Waals surface area contributed by atoms with Crippen molar-refractivity contribution in [1.29, 1.82) is 0 Å². The fourth-order valence-corrected chi connectivity index (χ4v) is 1.71. The highest BCUT2D eigenvalue weighted by Gasteiger charge is 2.05. The lowest BCUT2D eigenvalue weighted by atomic mass is 10.1. The van der Waals surface area contributed by atoms with Gasteiger partial charge >= 0.3 is 5.97 Å². The van der Waals surface area contributed by atoms with Gasteiger partial charge in [-0.1, -0.05) is 0 Å². The molecule has 2 rings (SSSR count). The lowest BCUT2D eigenvalue weighted by molar-refractivity contribution is 0.0697. The molecule has 18 heavy (non-hydrogen) atoms. The molecular weight excluding hydrogens is 230 g/mol. The van der Waals surface area contributed by atoms with Crippen molar-refractivity contribution in [2.75, 3.05) is 17.6 Å². The van der Waals surface area contributed by atoms with Crippen LogP contribution in [0.15, 0.2) is 36.7 Å². The summed E-state index contributed by atoms with van der Waals surface area (Å²) in [7, 11) is 0. The molecule has 0 aliphatic rings. The van der Waals surface area contributed by atoms with Crippen LogP contribution in [0, 0.1) is 0 Å². The van der Waals surface area contributed by atoms with Gasteiger partial charge in [-0.05, 0) is 36.2 Å². The Morgan fingerprint density at radius 1 is 1.39 bits per heavy atom. The van der Waals surface area contributed by atoms with Crippen molar-refractivity contribution in [2.45, 2.75) is 6.42 Å². The number of carbonyl (C=O) groups is 1. The number of carboxylic acid groups (broad SMARTS) is 1. The maximum absolute atomic E-state index is 10.8. The molecule has 1 heterocycles. The highest BCUT2D eigenvalue weighted by Crippen LogP contribution is 2.19. The lowest BCUT2D eigenvalue weighted by Crippen LogP contribution is -2.07. The smallest absolute Gasteiger partial charge is 0.335 e. The van der Waals surface area contributed by atoms with Gasteiger partial charge in [0, 0.05) is 18.9 Å². The minimum Gasteiger partial charge on any atom is -0.478 e. The Morgan fingerprint density at radius 3 is 2.83 bits per heavy atom. The summed E-state index contributed by atoms with van der Waals surface area (Å²) in [6, 6.07) is 6.70. The van der Waals surface area contributed by atoms with Crippen LogP contribution in [0.5, 0.6) is 0 Å². The molecule has 5 N–H and O–H groups in total. The molecule has 0 atom stereocenters. The van der Waals surface area contributed by atoms with E-state index in [-0.39, 0.29) is 5.56 Å². The molecule has 0 fully saturated rings. The maximum Gasteiger partial charge on any atom is 0.335 e. The van der Waals surface area contributed by atoms with Crippen LogP contribution in [0.3, 0.4) is 0 Å². The molecule has 0 spiro atoms. The van der Waals surface area contributed by atoms with Gasteiger partial charge in [-0.25, -0.2) is 4.79 Å². The number of benzene rings is 1. The summed E-state index contributed by atoms with van der Waals surface area (Å²) in [6.45, 7) is 0.745. The van der Waals surface area contributed by atoms with Crippen LogP contribution in [-0.4, -0.2) is 22.6 Å². The van der Waals surface area contributed by atoms with E-state index in [9.17, 15) is 4.79 Å². The van der Waals surface area contributed by atoms with Gasteiger partial charge in [0.05, 0.1) is 16.9 Å². The zero-order valence-electron chi connectivity index (χ0n) is 9.81. The van der Waals surface area contributed by atoms with Crippen LogP contribution in [0.25, 0.3) is 0 Å². The lowest BCUT2D eigenvalue weighted by Gasteiger charge is -2.09. The first-order chi connectivity index (χ1) is 8.66. The number of hydrogen-bond acceptors (Lipinski definition) is 3. The fourth-order valence-electron chi connectivity index (χ4n) is 1.71. The Kier molecular flexibility index (Phi) is 3.52. The van der Waals surface area contributed by atoms with Crippen LogP contribution >= 0.6 is 0 Å². The van der Waals surface area contributed by atoms with Gasteiger partial charge in [-0.2, -0.15) is 0 Å². The van der Waals surface area contributed by atoms with Crippen molar-refractivity contribution in [3.8, 4) is 0 Å². The molecule has 0 amide bonds. The summed E-state index contributed by atoms with van der Waals surface area (Å²) in [6.07, 6.45) is 4.70. The molecule has 0 saturated carbocycles. The van der Waals surface area contributed by atoms with E-state index in [0.717, 1.165) is 18.7 Å². The van der Waals surface area contributed by atoms with Gasteiger partial charge in [0.25, 0.3) is 0 Å². The third-order valence-corrected chi connectivity index (χ3v) is 2.69. The molecular formula is C13H15N3O2. The molecule has 1 aromatic carbocycles. The number of nitrogens with one attached hydrogen (secondary N) is 2.